The van der Waals surface area contributed by atoms with E-state index in [1.807, 2.05) is 30.3 Å². The zero-order valence-corrected chi connectivity index (χ0v) is 21.8. The first-order chi connectivity index (χ1) is 18.1. The third-order valence-corrected chi connectivity index (χ3v) is 6.86. The molecule has 1 aliphatic heterocycles. The minimum absolute atomic E-state index is 0.0800. The van der Waals surface area contributed by atoms with Gasteiger partial charge < -0.3 is 24.6 Å². The molecule has 4 rings (SSSR count). The zero-order valence-electron chi connectivity index (χ0n) is 21.1. The Labute approximate surface area is 223 Å². The van der Waals surface area contributed by atoms with Gasteiger partial charge in [0.05, 0.1) is 17.3 Å². The SMILES string of the molecule is O=C1CCC(c2ccc(OCCNCC(O)COc3ccc(CCOCC4CCC4)cc3)c(Cl)c2)=NN1. The molecule has 200 valence electrons. The van der Waals surface area contributed by atoms with E-state index < -0.39 is 6.10 Å². The maximum atomic E-state index is 11.3. The van der Waals surface area contributed by atoms with E-state index >= 15 is 0 Å². The molecule has 0 aromatic heterocycles. The number of aliphatic hydroxyl groups is 1. The molecule has 2 aliphatic rings. The lowest BCUT2D eigenvalue weighted by atomic mass is 9.86. The number of carbonyl (C=O) groups is 1. The van der Waals surface area contributed by atoms with Crippen molar-refractivity contribution in [3.05, 3.63) is 58.6 Å². The molecule has 2 aromatic rings. The summed E-state index contributed by atoms with van der Waals surface area (Å²) in [6.07, 6.45) is 5.23. The van der Waals surface area contributed by atoms with Gasteiger partial charge in [0.15, 0.2) is 0 Å². The van der Waals surface area contributed by atoms with E-state index in [-0.39, 0.29) is 12.5 Å². The van der Waals surface area contributed by atoms with Crippen LogP contribution < -0.4 is 20.2 Å². The molecular formula is C28H36ClN3O5. The monoisotopic (exact) mass is 529 g/mol. The highest BCUT2D eigenvalue weighted by Gasteiger charge is 2.17. The Hall–Kier alpha value is -2.65. The zero-order chi connectivity index (χ0) is 25.9. The number of hydrogen-bond donors (Lipinski definition) is 3. The second-order valence-electron chi connectivity index (χ2n) is 9.52. The van der Waals surface area contributed by atoms with Gasteiger partial charge in [-0.05, 0) is 66.6 Å². The van der Waals surface area contributed by atoms with E-state index in [1.54, 1.807) is 12.1 Å². The Morgan fingerprint density at radius 1 is 1.11 bits per heavy atom. The van der Waals surface area contributed by atoms with Crippen molar-refractivity contribution in [1.29, 1.82) is 0 Å². The summed E-state index contributed by atoms with van der Waals surface area (Å²) in [6.45, 7) is 3.17. The average molecular weight is 530 g/mol. The third-order valence-electron chi connectivity index (χ3n) is 6.57. The number of nitrogens with one attached hydrogen (secondary N) is 2. The van der Waals surface area contributed by atoms with Crippen LogP contribution in [0.2, 0.25) is 5.02 Å². The fraction of sp³-hybridized carbons (Fsp3) is 0.500. The molecule has 0 radical (unpaired) electrons. The number of amides is 1. The average Bonchev–Trinajstić information content (AvgIpc) is 2.88. The molecule has 2 aromatic carbocycles. The van der Waals surface area contributed by atoms with Gasteiger partial charge in [-0.1, -0.05) is 30.2 Å². The molecule has 1 heterocycles. The maximum Gasteiger partial charge on any atom is 0.240 e. The van der Waals surface area contributed by atoms with Gasteiger partial charge in [0.2, 0.25) is 5.91 Å². The first kappa shape index (κ1) is 27.4. The number of rotatable bonds is 15. The van der Waals surface area contributed by atoms with Crippen molar-refractivity contribution < 1.29 is 24.1 Å². The van der Waals surface area contributed by atoms with Crippen molar-refractivity contribution in [2.24, 2.45) is 11.0 Å². The van der Waals surface area contributed by atoms with Crippen molar-refractivity contribution in [3.63, 3.8) is 0 Å². The molecule has 37 heavy (non-hydrogen) atoms. The van der Waals surface area contributed by atoms with Crippen molar-refractivity contribution in [2.75, 3.05) is 39.5 Å². The number of hydrazone groups is 1. The highest BCUT2D eigenvalue weighted by Crippen LogP contribution is 2.27. The molecule has 1 saturated carbocycles. The molecule has 1 unspecified atom stereocenters. The van der Waals surface area contributed by atoms with Gasteiger partial charge >= 0.3 is 0 Å². The van der Waals surface area contributed by atoms with Gasteiger partial charge in [-0.2, -0.15) is 5.10 Å². The first-order valence-corrected chi connectivity index (χ1v) is 13.4. The van der Waals surface area contributed by atoms with E-state index in [0.29, 0.717) is 43.3 Å². The number of nitrogens with zero attached hydrogens (tertiary/aromatic N) is 1. The standard InChI is InChI=1S/C28H36ClN3O5/c29-25-16-22(26-9-11-28(34)32-31-26)6-10-27(25)36-15-13-30-17-23(33)19-37-24-7-4-20(5-8-24)12-14-35-18-21-2-1-3-21/h4-8,10,16,21,23,30,33H,1-3,9,11-15,17-19H2,(H,32,34). The minimum atomic E-state index is -0.640. The fourth-order valence-electron chi connectivity index (χ4n) is 4.08. The van der Waals surface area contributed by atoms with Crippen LogP contribution in [0, 0.1) is 5.92 Å². The molecule has 0 bridgehead atoms. The summed E-state index contributed by atoms with van der Waals surface area (Å²) in [5.74, 6) is 2.01. The smallest absolute Gasteiger partial charge is 0.240 e. The maximum absolute atomic E-state index is 11.3. The molecule has 0 spiro atoms. The van der Waals surface area contributed by atoms with Gasteiger partial charge in [-0.3, -0.25) is 4.79 Å². The van der Waals surface area contributed by atoms with Crippen molar-refractivity contribution in [3.8, 4) is 11.5 Å². The van der Waals surface area contributed by atoms with Gasteiger partial charge in [-0.25, -0.2) is 5.43 Å². The molecule has 1 fully saturated rings. The molecule has 8 nitrogen and oxygen atoms in total. The number of hydrogen-bond acceptors (Lipinski definition) is 7. The van der Waals surface area contributed by atoms with Crippen LogP contribution in [0.3, 0.4) is 0 Å². The molecular weight excluding hydrogens is 494 g/mol. The van der Waals surface area contributed by atoms with E-state index in [4.69, 9.17) is 25.8 Å². The first-order valence-electron chi connectivity index (χ1n) is 13.0. The summed E-state index contributed by atoms with van der Waals surface area (Å²) in [4.78, 5) is 11.3. The Morgan fingerprint density at radius 2 is 1.95 bits per heavy atom. The Morgan fingerprint density at radius 3 is 2.65 bits per heavy atom. The summed E-state index contributed by atoms with van der Waals surface area (Å²) in [5, 5.41) is 17.9. The van der Waals surface area contributed by atoms with Gasteiger partial charge in [0.1, 0.15) is 30.8 Å². The summed E-state index contributed by atoms with van der Waals surface area (Å²) in [6, 6.07) is 13.4. The molecule has 3 N–H and O–H groups in total. The van der Waals surface area contributed by atoms with E-state index in [1.165, 1.54) is 24.8 Å². The molecule has 9 heteroatoms. The summed E-state index contributed by atoms with van der Waals surface area (Å²) in [7, 11) is 0. The van der Waals surface area contributed by atoms with E-state index in [9.17, 15) is 9.90 Å². The fourth-order valence-corrected chi connectivity index (χ4v) is 4.32. The van der Waals surface area contributed by atoms with Crippen molar-refractivity contribution in [1.82, 2.24) is 10.7 Å². The number of halogens is 1. The van der Waals surface area contributed by atoms with Gasteiger partial charge in [-0.15, -0.1) is 0 Å². The predicted octanol–water partition coefficient (Wildman–Crippen LogP) is 3.72. The van der Waals surface area contributed by atoms with Crippen LogP contribution in [-0.4, -0.2) is 62.3 Å². The molecule has 1 aliphatic carbocycles. The number of ether oxygens (including phenoxy) is 3. The number of carbonyl (C=O) groups excluding carboxylic acids is 1. The lowest BCUT2D eigenvalue weighted by Gasteiger charge is -2.24. The summed E-state index contributed by atoms with van der Waals surface area (Å²) in [5.41, 5.74) is 5.37. The van der Waals surface area contributed by atoms with Gasteiger partial charge in [0, 0.05) is 32.5 Å². The second kappa shape index (κ2) is 14.3. The van der Waals surface area contributed by atoms with E-state index in [0.717, 1.165) is 42.6 Å². The lowest BCUT2D eigenvalue weighted by Crippen LogP contribution is -2.33. The van der Waals surface area contributed by atoms with Crippen LogP contribution >= 0.6 is 11.6 Å². The summed E-state index contributed by atoms with van der Waals surface area (Å²) >= 11 is 6.35. The second-order valence-corrected chi connectivity index (χ2v) is 9.93. The van der Waals surface area contributed by atoms with Crippen LogP contribution in [0.15, 0.2) is 47.6 Å². The van der Waals surface area contributed by atoms with Crippen LogP contribution in [0.5, 0.6) is 11.5 Å². The molecule has 1 atom stereocenters. The Bertz CT molecular complexity index is 1040. The highest BCUT2D eigenvalue weighted by molar-refractivity contribution is 6.32. The largest absolute Gasteiger partial charge is 0.491 e. The lowest BCUT2D eigenvalue weighted by molar-refractivity contribution is -0.121. The van der Waals surface area contributed by atoms with Crippen LogP contribution in [0.1, 0.15) is 43.2 Å². The topological polar surface area (TPSA) is 101 Å². The van der Waals surface area contributed by atoms with Crippen molar-refractivity contribution in [2.45, 2.75) is 44.6 Å². The molecule has 0 saturated heterocycles. The number of aliphatic hydroxyl groups excluding tert-OH is 1. The normalized spacial score (nSPS) is 16.5. The van der Waals surface area contributed by atoms with Gasteiger partial charge in [0.25, 0.3) is 0 Å². The Balaban J connectivity index is 1.06. The van der Waals surface area contributed by atoms with Crippen molar-refractivity contribution >= 4 is 23.2 Å². The van der Waals surface area contributed by atoms with Crippen LogP contribution in [0.4, 0.5) is 0 Å². The predicted molar refractivity (Wildman–Crippen MR) is 144 cm³/mol. The van der Waals surface area contributed by atoms with Crippen LogP contribution in [-0.2, 0) is 16.0 Å². The van der Waals surface area contributed by atoms with E-state index in [2.05, 4.69) is 15.8 Å². The summed E-state index contributed by atoms with van der Waals surface area (Å²) < 4.78 is 17.2. The minimum Gasteiger partial charge on any atom is -0.491 e. The number of benzene rings is 2. The quantitative estimate of drug-likeness (QED) is 0.304. The highest BCUT2D eigenvalue weighted by atomic mass is 35.5. The molecule has 1 amide bonds. The third kappa shape index (κ3) is 9.00. The Kier molecular flexibility index (Phi) is 10.6. The van der Waals surface area contributed by atoms with Crippen LogP contribution in [0.25, 0.3) is 0 Å².